The number of hydrogen-bond acceptors (Lipinski definition) is 4. The summed E-state index contributed by atoms with van der Waals surface area (Å²) in [4.78, 5) is 21.6. The smallest absolute Gasteiger partial charge is 0.209 e. The molecule has 5 rings (SSSR count). The van der Waals surface area contributed by atoms with Crippen LogP contribution in [-0.2, 0) is 6.42 Å². The first-order valence-corrected chi connectivity index (χ1v) is 10.9. The lowest BCUT2D eigenvalue weighted by atomic mass is 10.0. The lowest BCUT2D eigenvalue weighted by Crippen LogP contribution is -2.10. The standard InChI is InChI=1S/C23H22N4OS/c1-2-14-9-6-10-17-18(13-24-19(14)17)20(28)21(15-7-4-3-5-8-15)29-23-25-22(26-27-23)16-11-12-16/h3-10,13,16,21,24H,2,11-12H2,1H3,(H,25,26,27). The zero-order valence-corrected chi connectivity index (χ0v) is 17.0. The van der Waals surface area contributed by atoms with Crippen molar-refractivity contribution in [2.24, 2.45) is 0 Å². The topological polar surface area (TPSA) is 74.4 Å². The van der Waals surface area contributed by atoms with Crippen LogP contribution < -0.4 is 0 Å². The maximum Gasteiger partial charge on any atom is 0.209 e. The summed E-state index contributed by atoms with van der Waals surface area (Å²) >= 11 is 1.42. The van der Waals surface area contributed by atoms with E-state index in [9.17, 15) is 4.79 Å². The molecule has 6 heteroatoms. The van der Waals surface area contributed by atoms with Gasteiger partial charge in [-0.25, -0.2) is 4.98 Å². The molecule has 1 saturated carbocycles. The largest absolute Gasteiger partial charge is 0.360 e. The van der Waals surface area contributed by atoms with Gasteiger partial charge in [0.15, 0.2) is 5.78 Å². The molecular formula is C23H22N4OS. The van der Waals surface area contributed by atoms with Crippen molar-refractivity contribution in [3.8, 4) is 0 Å². The summed E-state index contributed by atoms with van der Waals surface area (Å²) < 4.78 is 0. The van der Waals surface area contributed by atoms with Crippen molar-refractivity contribution < 1.29 is 4.79 Å². The summed E-state index contributed by atoms with van der Waals surface area (Å²) in [5, 5.41) is 8.61. The third-order valence-electron chi connectivity index (χ3n) is 5.46. The minimum Gasteiger partial charge on any atom is -0.360 e. The van der Waals surface area contributed by atoms with Gasteiger partial charge in [-0.05, 0) is 30.4 Å². The number of benzene rings is 2. The highest BCUT2D eigenvalue weighted by molar-refractivity contribution is 8.00. The van der Waals surface area contributed by atoms with Crippen LogP contribution in [0.1, 0.15) is 58.2 Å². The summed E-state index contributed by atoms with van der Waals surface area (Å²) in [6.07, 6.45) is 5.09. The molecule has 1 atom stereocenters. The number of aromatic amines is 2. The number of para-hydroxylation sites is 1. The van der Waals surface area contributed by atoms with Crippen LogP contribution in [-0.4, -0.2) is 25.9 Å². The minimum atomic E-state index is -0.400. The van der Waals surface area contributed by atoms with E-state index in [4.69, 9.17) is 0 Å². The Kier molecular flexibility index (Phi) is 4.72. The van der Waals surface area contributed by atoms with Gasteiger partial charge in [-0.2, -0.15) is 0 Å². The molecule has 5 nitrogen and oxygen atoms in total. The SMILES string of the molecule is CCc1cccc2c(C(=O)C(Sc3n[nH]c(C4CC4)n3)c3ccccc3)c[nH]c12. The number of hydrogen-bond donors (Lipinski definition) is 2. The Labute approximate surface area is 173 Å². The molecule has 0 bridgehead atoms. The van der Waals surface area contributed by atoms with Crippen LogP contribution in [0.3, 0.4) is 0 Å². The highest BCUT2D eigenvalue weighted by Gasteiger charge is 2.30. The molecule has 0 radical (unpaired) electrons. The number of aromatic nitrogens is 4. The van der Waals surface area contributed by atoms with Crippen molar-refractivity contribution in [1.29, 1.82) is 0 Å². The van der Waals surface area contributed by atoms with Crippen molar-refractivity contribution in [2.45, 2.75) is 42.5 Å². The van der Waals surface area contributed by atoms with E-state index in [0.717, 1.165) is 47.1 Å². The fourth-order valence-corrected chi connectivity index (χ4v) is 4.70. The number of aryl methyl sites for hydroxylation is 1. The normalized spacial score (nSPS) is 14.9. The molecule has 2 heterocycles. The van der Waals surface area contributed by atoms with Crippen molar-refractivity contribution in [3.05, 3.63) is 77.2 Å². The Bertz CT molecular complexity index is 1160. The zero-order chi connectivity index (χ0) is 19.8. The molecule has 0 aliphatic heterocycles. The number of nitrogens with zero attached hydrogens (tertiary/aromatic N) is 2. The summed E-state index contributed by atoms with van der Waals surface area (Å²) in [7, 11) is 0. The van der Waals surface area contributed by atoms with Gasteiger partial charge in [0.2, 0.25) is 5.16 Å². The first kappa shape index (κ1) is 18.2. The molecule has 2 N–H and O–H groups in total. The van der Waals surface area contributed by atoms with Gasteiger partial charge in [-0.15, -0.1) is 5.10 Å². The molecule has 0 amide bonds. The predicted octanol–water partition coefficient (Wildman–Crippen LogP) is 5.44. The number of thioether (sulfide) groups is 1. The second kappa shape index (κ2) is 7.52. The maximum atomic E-state index is 13.7. The van der Waals surface area contributed by atoms with Gasteiger partial charge >= 0.3 is 0 Å². The van der Waals surface area contributed by atoms with E-state index < -0.39 is 5.25 Å². The summed E-state index contributed by atoms with van der Waals surface area (Å²) in [6.45, 7) is 2.13. The molecular weight excluding hydrogens is 380 g/mol. The zero-order valence-electron chi connectivity index (χ0n) is 16.2. The van der Waals surface area contributed by atoms with Gasteiger partial charge in [0.1, 0.15) is 11.1 Å². The fourth-order valence-electron chi connectivity index (χ4n) is 3.71. The molecule has 1 fully saturated rings. The fraction of sp³-hybridized carbons (Fsp3) is 0.261. The Balaban J connectivity index is 1.52. The van der Waals surface area contributed by atoms with Crippen LogP contribution >= 0.6 is 11.8 Å². The van der Waals surface area contributed by atoms with Crippen LogP contribution in [0.15, 0.2) is 59.9 Å². The molecule has 0 saturated heterocycles. The molecule has 2 aromatic carbocycles. The monoisotopic (exact) mass is 402 g/mol. The van der Waals surface area contributed by atoms with Crippen LogP contribution in [0.5, 0.6) is 0 Å². The Morgan fingerprint density at radius 3 is 2.76 bits per heavy atom. The molecule has 146 valence electrons. The maximum absolute atomic E-state index is 13.7. The quantitative estimate of drug-likeness (QED) is 0.319. The minimum absolute atomic E-state index is 0.0680. The molecule has 1 unspecified atom stereocenters. The molecule has 2 aromatic heterocycles. The number of H-pyrrole nitrogens is 2. The average Bonchev–Trinajstić information content (AvgIpc) is 3.35. The Morgan fingerprint density at radius 2 is 2.00 bits per heavy atom. The third-order valence-corrected chi connectivity index (χ3v) is 6.57. The highest BCUT2D eigenvalue weighted by Crippen LogP contribution is 2.41. The highest BCUT2D eigenvalue weighted by atomic mass is 32.2. The second-order valence-electron chi connectivity index (χ2n) is 7.45. The molecule has 1 aliphatic carbocycles. The number of fused-ring (bicyclic) bond motifs is 1. The Morgan fingerprint density at radius 1 is 1.17 bits per heavy atom. The number of rotatable bonds is 7. The summed E-state index contributed by atoms with van der Waals surface area (Å²) in [5.74, 6) is 1.51. The van der Waals surface area contributed by atoms with Crippen molar-refractivity contribution in [2.75, 3.05) is 0 Å². The van der Waals surface area contributed by atoms with Crippen molar-refractivity contribution >= 4 is 28.4 Å². The van der Waals surface area contributed by atoms with Gasteiger partial charge in [-0.1, -0.05) is 67.2 Å². The number of Topliss-reactive ketones (excluding diaryl/α,β-unsaturated/α-hetero) is 1. The van der Waals surface area contributed by atoms with E-state index in [1.165, 1.54) is 17.3 Å². The Hall–Kier alpha value is -2.86. The lowest BCUT2D eigenvalue weighted by Gasteiger charge is -2.14. The lowest BCUT2D eigenvalue weighted by molar-refractivity contribution is 0.0991. The van der Waals surface area contributed by atoms with Crippen LogP contribution in [0.4, 0.5) is 0 Å². The third kappa shape index (κ3) is 3.49. The number of carbonyl (C=O) groups is 1. The predicted molar refractivity (Wildman–Crippen MR) is 115 cm³/mol. The van der Waals surface area contributed by atoms with Gasteiger partial charge in [0, 0.05) is 28.6 Å². The molecule has 29 heavy (non-hydrogen) atoms. The van der Waals surface area contributed by atoms with Gasteiger partial charge in [-0.3, -0.25) is 9.89 Å². The molecule has 0 spiro atoms. The van der Waals surface area contributed by atoms with Crippen LogP contribution in [0, 0.1) is 0 Å². The average molecular weight is 403 g/mol. The molecule has 1 aliphatic rings. The van der Waals surface area contributed by atoms with Crippen molar-refractivity contribution in [1.82, 2.24) is 20.2 Å². The second-order valence-corrected chi connectivity index (χ2v) is 8.52. The van der Waals surface area contributed by atoms with E-state index >= 15 is 0 Å². The van der Waals surface area contributed by atoms with Crippen molar-refractivity contribution in [3.63, 3.8) is 0 Å². The first-order valence-electron chi connectivity index (χ1n) is 10.0. The number of nitrogens with one attached hydrogen (secondary N) is 2. The van der Waals surface area contributed by atoms with Gasteiger partial charge < -0.3 is 4.98 Å². The number of ketones is 1. The van der Waals surface area contributed by atoms with E-state index in [0.29, 0.717) is 11.1 Å². The van der Waals surface area contributed by atoms with Crippen LogP contribution in [0.2, 0.25) is 0 Å². The number of carbonyl (C=O) groups excluding carboxylic acids is 1. The summed E-state index contributed by atoms with van der Waals surface area (Å²) in [5.41, 5.74) is 3.94. The van der Waals surface area contributed by atoms with E-state index in [1.807, 2.05) is 48.7 Å². The van der Waals surface area contributed by atoms with Gasteiger partial charge in [0.05, 0.1) is 0 Å². The van der Waals surface area contributed by atoms with E-state index in [-0.39, 0.29) is 5.78 Å². The van der Waals surface area contributed by atoms with Gasteiger partial charge in [0.25, 0.3) is 0 Å². The van der Waals surface area contributed by atoms with E-state index in [2.05, 4.69) is 33.2 Å². The summed E-state index contributed by atoms with van der Waals surface area (Å²) in [6, 6.07) is 16.0. The van der Waals surface area contributed by atoms with Crippen LogP contribution in [0.25, 0.3) is 10.9 Å². The first-order chi connectivity index (χ1) is 14.2. The molecule has 4 aromatic rings. The van der Waals surface area contributed by atoms with E-state index in [1.54, 1.807) is 0 Å².